The van der Waals surface area contributed by atoms with Crippen LogP contribution in [-0.2, 0) is 5.75 Å². The monoisotopic (exact) mass is 302 g/mol. The minimum atomic E-state index is -1.04. The van der Waals surface area contributed by atoms with Gasteiger partial charge in [-0.1, -0.05) is 34.9 Å². The smallest absolute Gasteiger partial charge is 0.372 e. The Balaban J connectivity index is 2.01. The summed E-state index contributed by atoms with van der Waals surface area (Å²) < 4.78 is 7.03. The maximum absolute atomic E-state index is 10.8. The first-order valence-corrected chi connectivity index (χ1v) is 7.95. The van der Waals surface area contributed by atoms with E-state index in [0.717, 1.165) is 8.68 Å². The van der Waals surface area contributed by atoms with Gasteiger partial charge in [-0.25, -0.2) is 4.79 Å². The van der Waals surface area contributed by atoms with Gasteiger partial charge < -0.3 is 9.52 Å². The van der Waals surface area contributed by atoms with Crippen molar-refractivity contribution in [2.45, 2.75) is 21.4 Å². The second-order valence-corrected chi connectivity index (χ2v) is 6.61. The molecule has 0 saturated heterocycles. The van der Waals surface area contributed by atoms with Crippen LogP contribution < -0.4 is 0 Å². The molecule has 2 aromatic heterocycles. The normalized spacial score (nSPS) is 10.8. The highest BCUT2D eigenvalue weighted by molar-refractivity contribution is 8.02. The lowest BCUT2D eigenvalue weighted by Crippen LogP contribution is -1.94. The fourth-order valence-corrected chi connectivity index (χ4v) is 3.62. The number of aryl methyl sites for hydroxylation is 1. The van der Waals surface area contributed by atoms with Crippen LogP contribution in [0.25, 0.3) is 0 Å². The van der Waals surface area contributed by atoms with E-state index in [1.165, 1.54) is 23.1 Å². The molecule has 0 unspecified atom stereocenters. The number of carboxylic acids is 1. The van der Waals surface area contributed by atoms with E-state index >= 15 is 0 Å². The predicted octanol–water partition coefficient (Wildman–Crippen LogP) is 3.15. The van der Waals surface area contributed by atoms with Gasteiger partial charge in [0.1, 0.15) is 5.76 Å². The molecule has 2 aromatic rings. The van der Waals surface area contributed by atoms with Gasteiger partial charge in [-0.05, 0) is 19.2 Å². The number of aromatic nitrogens is 2. The maximum atomic E-state index is 10.8. The number of aromatic carboxylic acids is 1. The van der Waals surface area contributed by atoms with E-state index in [0.29, 0.717) is 17.1 Å². The third kappa shape index (κ3) is 3.06. The summed E-state index contributed by atoms with van der Waals surface area (Å²) in [6.07, 6.45) is 1.95. The van der Waals surface area contributed by atoms with Crippen molar-refractivity contribution in [2.75, 3.05) is 6.26 Å². The highest BCUT2D eigenvalue weighted by Crippen LogP contribution is 2.30. The highest BCUT2D eigenvalue weighted by atomic mass is 32.2. The summed E-state index contributed by atoms with van der Waals surface area (Å²) in [5, 5.41) is 16.9. The van der Waals surface area contributed by atoms with Crippen LogP contribution in [0.1, 0.15) is 21.9 Å². The van der Waals surface area contributed by atoms with Crippen LogP contribution in [0.5, 0.6) is 0 Å². The Labute approximate surface area is 116 Å². The summed E-state index contributed by atoms with van der Waals surface area (Å²) >= 11 is 4.56. The lowest BCUT2D eigenvalue weighted by atomic mass is 10.3. The molecule has 2 rings (SSSR count). The summed E-state index contributed by atoms with van der Waals surface area (Å²) in [4.78, 5) is 10.8. The first-order chi connectivity index (χ1) is 8.60. The minimum Gasteiger partial charge on any atom is -0.475 e. The van der Waals surface area contributed by atoms with Crippen molar-refractivity contribution in [2.24, 2.45) is 0 Å². The summed E-state index contributed by atoms with van der Waals surface area (Å²) in [7, 11) is 0. The summed E-state index contributed by atoms with van der Waals surface area (Å²) in [6, 6.07) is 1.74. The number of nitrogens with zero attached hydrogens (tertiary/aromatic N) is 2. The summed E-state index contributed by atoms with van der Waals surface area (Å²) in [5.41, 5.74) is 0.639. The Morgan fingerprint density at radius 3 is 2.78 bits per heavy atom. The average molecular weight is 302 g/mol. The molecular formula is C10H10N2O3S3. The Morgan fingerprint density at radius 1 is 1.50 bits per heavy atom. The van der Waals surface area contributed by atoms with Crippen molar-refractivity contribution in [3.63, 3.8) is 0 Å². The van der Waals surface area contributed by atoms with Gasteiger partial charge in [-0.3, -0.25) is 0 Å². The van der Waals surface area contributed by atoms with Crippen molar-refractivity contribution in [1.29, 1.82) is 0 Å². The lowest BCUT2D eigenvalue weighted by Gasteiger charge is -1.92. The second kappa shape index (κ2) is 5.77. The van der Waals surface area contributed by atoms with Gasteiger partial charge in [0.05, 0.1) is 5.75 Å². The fourth-order valence-electron chi connectivity index (χ4n) is 1.30. The van der Waals surface area contributed by atoms with E-state index in [1.54, 1.807) is 24.8 Å². The molecule has 96 valence electrons. The van der Waals surface area contributed by atoms with E-state index in [2.05, 4.69) is 10.2 Å². The van der Waals surface area contributed by atoms with Gasteiger partial charge in [0.25, 0.3) is 0 Å². The van der Waals surface area contributed by atoms with E-state index in [-0.39, 0.29) is 5.76 Å². The van der Waals surface area contributed by atoms with E-state index in [9.17, 15) is 4.79 Å². The van der Waals surface area contributed by atoms with Gasteiger partial charge in [0, 0.05) is 5.56 Å². The van der Waals surface area contributed by atoms with Gasteiger partial charge in [0.2, 0.25) is 5.76 Å². The maximum Gasteiger partial charge on any atom is 0.372 e. The molecule has 8 heteroatoms. The molecule has 0 spiro atoms. The van der Waals surface area contributed by atoms with Crippen molar-refractivity contribution in [1.82, 2.24) is 10.2 Å². The van der Waals surface area contributed by atoms with Crippen molar-refractivity contribution < 1.29 is 14.3 Å². The molecule has 0 aliphatic rings. The molecule has 0 fully saturated rings. The number of thioether (sulfide) groups is 2. The number of furan rings is 1. The SMILES string of the molecule is CSc1nnc(SCc2cc(C)c(C(=O)O)o2)s1. The van der Waals surface area contributed by atoms with Crippen LogP contribution in [-0.4, -0.2) is 27.5 Å². The van der Waals surface area contributed by atoms with Gasteiger partial charge in [0.15, 0.2) is 8.68 Å². The molecule has 1 N–H and O–H groups in total. The van der Waals surface area contributed by atoms with Crippen LogP contribution in [0.3, 0.4) is 0 Å². The first kappa shape index (κ1) is 13.4. The Hall–Kier alpha value is -0.990. The van der Waals surface area contributed by atoms with E-state index < -0.39 is 5.97 Å². The standard InChI is InChI=1S/C10H10N2O3S3/c1-5-3-6(15-7(5)8(13)14)4-17-10-12-11-9(16-2)18-10/h3H,4H2,1-2H3,(H,13,14). The molecule has 0 atom stereocenters. The fraction of sp³-hybridized carbons (Fsp3) is 0.300. The molecule has 0 aromatic carbocycles. The number of carboxylic acid groups (broad SMARTS) is 1. The van der Waals surface area contributed by atoms with Crippen LogP contribution in [0.4, 0.5) is 0 Å². The van der Waals surface area contributed by atoms with Crippen LogP contribution in [0.15, 0.2) is 19.2 Å². The van der Waals surface area contributed by atoms with Gasteiger partial charge >= 0.3 is 5.97 Å². The van der Waals surface area contributed by atoms with Crippen molar-refractivity contribution in [3.05, 3.63) is 23.2 Å². The average Bonchev–Trinajstić information content (AvgIpc) is 2.92. The van der Waals surface area contributed by atoms with Crippen LogP contribution in [0, 0.1) is 6.92 Å². The Morgan fingerprint density at radius 2 is 2.22 bits per heavy atom. The molecule has 0 aliphatic heterocycles. The molecule has 5 nitrogen and oxygen atoms in total. The zero-order valence-electron chi connectivity index (χ0n) is 9.67. The van der Waals surface area contributed by atoms with Crippen LogP contribution in [0.2, 0.25) is 0 Å². The molecule has 0 aliphatic carbocycles. The molecule has 2 heterocycles. The first-order valence-electron chi connectivity index (χ1n) is 4.93. The van der Waals surface area contributed by atoms with Crippen molar-refractivity contribution in [3.8, 4) is 0 Å². The topological polar surface area (TPSA) is 76.2 Å². The minimum absolute atomic E-state index is 0.00710. The van der Waals surface area contributed by atoms with E-state index in [1.807, 2.05) is 6.26 Å². The zero-order chi connectivity index (χ0) is 13.1. The number of hydrogen-bond donors (Lipinski definition) is 1. The second-order valence-electron chi connectivity index (χ2n) is 3.36. The number of carbonyl (C=O) groups is 1. The zero-order valence-corrected chi connectivity index (χ0v) is 12.1. The number of rotatable bonds is 5. The Kier molecular flexibility index (Phi) is 4.31. The molecule has 18 heavy (non-hydrogen) atoms. The summed E-state index contributed by atoms with van der Waals surface area (Å²) in [6.45, 7) is 1.72. The van der Waals surface area contributed by atoms with Crippen LogP contribution >= 0.6 is 34.9 Å². The predicted molar refractivity (Wildman–Crippen MR) is 71.7 cm³/mol. The quantitative estimate of drug-likeness (QED) is 0.850. The van der Waals surface area contributed by atoms with E-state index in [4.69, 9.17) is 9.52 Å². The third-order valence-corrected chi connectivity index (χ3v) is 5.12. The molecule has 0 bridgehead atoms. The highest BCUT2D eigenvalue weighted by Gasteiger charge is 2.15. The van der Waals surface area contributed by atoms with Gasteiger partial charge in [-0.2, -0.15) is 0 Å². The number of hydrogen-bond acceptors (Lipinski definition) is 7. The molecule has 0 saturated carbocycles. The largest absolute Gasteiger partial charge is 0.475 e. The Bertz CT molecular complexity index is 564. The molecule has 0 amide bonds. The van der Waals surface area contributed by atoms with Crippen molar-refractivity contribution >= 4 is 40.8 Å². The lowest BCUT2D eigenvalue weighted by molar-refractivity contribution is 0.0659. The molecular weight excluding hydrogens is 292 g/mol. The van der Waals surface area contributed by atoms with Gasteiger partial charge in [-0.15, -0.1) is 10.2 Å². The third-order valence-electron chi connectivity index (χ3n) is 2.06. The summed E-state index contributed by atoms with van der Waals surface area (Å²) in [5.74, 6) is 0.157. The molecule has 0 radical (unpaired) electrons.